The largest absolute Gasteiger partial charge is 0.494 e. The summed E-state index contributed by atoms with van der Waals surface area (Å²) in [7, 11) is 1.65. The number of ether oxygens (including phenoxy) is 1. The number of methoxy groups -OCH3 is 1. The molecule has 0 aliphatic rings. The lowest BCUT2D eigenvalue weighted by Crippen LogP contribution is -2.25. The summed E-state index contributed by atoms with van der Waals surface area (Å²) in [5.74, 6) is 0.755. The monoisotopic (exact) mass is 394 g/mol. The number of amides is 1. The molecule has 0 saturated heterocycles. The molecule has 4 nitrogen and oxygen atoms in total. The Morgan fingerprint density at radius 3 is 2.68 bits per heavy atom. The molecule has 1 atom stereocenters. The smallest absolute Gasteiger partial charge is 0.237 e. The van der Waals surface area contributed by atoms with E-state index in [0.29, 0.717) is 0 Å². The summed E-state index contributed by atoms with van der Waals surface area (Å²) in [6.45, 7) is 6.18. The minimum absolute atomic E-state index is 0.00739. The van der Waals surface area contributed by atoms with Gasteiger partial charge in [0, 0.05) is 11.1 Å². The number of aromatic nitrogens is 1. The fourth-order valence-corrected chi connectivity index (χ4v) is 4.23. The molecule has 28 heavy (non-hydrogen) atoms. The van der Waals surface area contributed by atoms with Crippen LogP contribution in [0.3, 0.4) is 0 Å². The number of pyridine rings is 1. The van der Waals surface area contributed by atoms with Gasteiger partial charge < -0.3 is 10.1 Å². The highest BCUT2D eigenvalue weighted by atomic mass is 32.2. The molecule has 0 aliphatic carbocycles. The molecule has 3 rings (SSSR count). The first-order valence-corrected chi connectivity index (χ1v) is 10.4. The lowest BCUT2D eigenvalue weighted by Gasteiger charge is -2.17. The first-order valence-electron chi connectivity index (χ1n) is 9.57. The number of hydrogen-bond donors (Lipinski definition) is 1. The van der Waals surface area contributed by atoms with Gasteiger partial charge in [-0.15, -0.1) is 0 Å². The molecule has 0 saturated carbocycles. The molecular formula is C23H26N2O2S. The highest BCUT2D eigenvalue weighted by Crippen LogP contribution is 2.32. The van der Waals surface area contributed by atoms with E-state index in [2.05, 4.69) is 19.2 Å². The number of nitrogens with one attached hydrogen (secondary N) is 1. The van der Waals surface area contributed by atoms with Crippen molar-refractivity contribution in [3.63, 3.8) is 0 Å². The molecule has 1 N–H and O–H groups in total. The van der Waals surface area contributed by atoms with Crippen LogP contribution < -0.4 is 10.1 Å². The molecule has 0 spiro atoms. The molecule has 146 valence electrons. The molecule has 1 amide bonds. The Bertz CT molecular complexity index is 987. The van der Waals surface area contributed by atoms with Crippen molar-refractivity contribution in [1.29, 1.82) is 0 Å². The van der Waals surface area contributed by atoms with Crippen LogP contribution in [0.5, 0.6) is 5.75 Å². The second kappa shape index (κ2) is 9.11. The fourth-order valence-electron chi connectivity index (χ4n) is 3.22. The van der Waals surface area contributed by atoms with E-state index in [1.807, 2.05) is 55.5 Å². The number of carbonyl (C=O) groups is 1. The first kappa shape index (κ1) is 20.2. The van der Waals surface area contributed by atoms with Crippen LogP contribution in [0.25, 0.3) is 10.9 Å². The van der Waals surface area contributed by atoms with Crippen molar-refractivity contribution in [1.82, 2.24) is 4.98 Å². The number of para-hydroxylation sites is 2. The van der Waals surface area contributed by atoms with Crippen molar-refractivity contribution >= 4 is 34.3 Å². The van der Waals surface area contributed by atoms with E-state index in [1.54, 1.807) is 7.11 Å². The molecule has 2 aromatic carbocycles. The van der Waals surface area contributed by atoms with Gasteiger partial charge in [-0.25, -0.2) is 4.98 Å². The first-order chi connectivity index (χ1) is 13.6. The maximum atomic E-state index is 12.9. The number of thioether (sulfide) groups is 1. The van der Waals surface area contributed by atoms with Crippen LogP contribution in [0.4, 0.5) is 5.69 Å². The van der Waals surface area contributed by atoms with Crippen molar-refractivity contribution in [3.05, 3.63) is 59.7 Å². The summed E-state index contributed by atoms with van der Waals surface area (Å²) in [6.07, 6.45) is 1.60. The Morgan fingerprint density at radius 2 is 1.96 bits per heavy atom. The van der Waals surface area contributed by atoms with Crippen LogP contribution in [-0.2, 0) is 11.2 Å². The molecule has 0 aliphatic heterocycles. The van der Waals surface area contributed by atoms with Gasteiger partial charge >= 0.3 is 0 Å². The third kappa shape index (κ3) is 4.30. The van der Waals surface area contributed by atoms with E-state index in [4.69, 9.17) is 9.72 Å². The van der Waals surface area contributed by atoms with E-state index in [0.717, 1.165) is 51.3 Å². The van der Waals surface area contributed by atoms with Crippen LogP contribution in [-0.4, -0.2) is 23.3 Å². The van der Waals surface area contributed by atoms with Crippen molar-refractivity contribution in [3.8, 4) is 5.75 Å². The zero-order valence-electron chi connectivity index (χ0n) is 16.8. The molecule has 3 aromatic rings. The number of rotatable bonds is 7. The molecule has 1 unspecified atom stereocenters. The molecule has 5 heteroatoms. The highest BCUT2D eigenvalue weighted by Gasteiger charge is 2.20. The Kier molecular flexibility index (Phi) is 6.57. The third-order valence-electron chi connectivity index (χ3n) is 4.79. The van der Waals surface area contributed by atoms with Crippen LogP contribution in [0.1, 0.15) is 31.4 Å². The van der Waals surface area contributed by atoms with E-state index >= 15 is 0 Å². The SMILES string of the molecule is CCc1ccccc1NC(=O)C(CC)Sc1cc(C)c2cccc(OC)c2n1. The van der Waals surface area contributed by atoms with Crippen molar-refractivity contribution < 1.29 is 9.53 Å². The molecular weight excluding hydrogens is 368 g/mol. The molecule has 0 radical (unpaired) electrons. The zero-order chi connectivity index (χ0) is 20.1. The summed E-state index contributed by atoms with van der Waals surface area (Å²) in [4.78, 5) is 17.7. The van der Waals surface area contributed by atoms with Crippen molar-refractivity contribution in [2.45, 2.75) is 43.9 Å². The standard InChI is InChI=1S/C23H26N2O2S/c1-5-16-10-7-8-12-18(16)24-23(26)20(6-2)28-21-14-15(3)17-11-9-13-19(27-4)22(17)25-21/h7-14,20H,5-6H2,1-4H3,(H,24,26). The Hall–Kier alpha value is -2.53. The second-order valence-corrected chi connectivity index (χ2v) is 7.87. The van der Waals surface area contributed by atoms with Gasteiger partial charge in [0.1, 0.15) is 11.3 Å². The van der Waals surface area contributed by atoms with E-state index in [9.17, 15) is 4.79 Å². The summed E-state index contributed by atoms with van der Waals surface area (Å²) in [6, 6.07) is 15.9. The lowest BCUT2D eigenvalue weighted by atomic mass is 10.1. The Morgan fingerprint density at radius 1 is 1.18 bits per heavy atom. The van der Waals surface area contributed by atoms with Crippen molar-refractivity contribution in [2.75, 3.05) is 12.4 Å². The number of carbonyl (C=O) groups excluding carboxylic acids is 1. The van der Waals surface area contributed by atoms with E-state index in [-0.39, 0.29) is 11.2 Å². The van der Waals surface area contributed by atoms with Crippen LogP contribution in [0.15, 0.2) is 53.6 Å². The number of anilines is 1. The Labute approximate surface area is 170 Å². The fraction of sp³-hybridized carbons (Fsp3) is 0.304. The number of aryl methyl sites for hydroxylation is 2. The van der Waals surface area contributed by atoms with Gasteiger partial charge in [0.2, 0.25) is 5.91 Å². The lowest BCUT2D eigenvalue weighted by molar-refractivity contribution is -0.115. The van der Waals surface area contributed by atoms with Crippen LogP contribution in [0.2, 0.25) is 0 Å². The zero-order valence-corrected chi connectivity index (χ0v) is 17.6. The highest BCUT2D eigenvalue weighted by molar-refractivity contribution is 8.00. The van der Waals surface area contributed by atoms with E-state index in [1.165, 1.54) is 11.8 Å². The van der Waals surface area contributed by atoms with Gasteiger partial charge in [-0.05, 0) is 49.1 Å². The van der Waals surface area contributed by atoms with Crippen LogP contribution in [0, 0.1) is 6.92 Å². The number of nitrogens with zero attached hydrogens (tertiary/aromatic N) is 1. The Balaban J connectivity index is 1.85. The summed E-state index contributed by atoms with van der Waals surface area (Å²) >= 11 is 1.50. The second-order valence-electron chi connectivity index (χ2n) is 6.65. The third-order valence-corrected chi connectivity index (χ3v) is 6.07. The minimum Gasteiger partial charge on any atom is -0.494 e. The van der Waals surface area contributed by atoms with Gasteiger partial charge in [-0.2, -0.15) is 0 Å². The van der Waals surface area contributed by atoms with E-state index < -0.39 is 0 Å². The molecule has 0 bridgehead atoms. The predicted molar refractivity (Wildman–Crippen MR) is 117 cm³/mol. The quantitative estimate of drug-likeness (QED) is 0.528. The van der Waals surface area contributed by atoms with Gasteiger partial charge in [0.25, 0.3) is 0 Å². The van der Waals surface area contributed by atoms with Gasteiger partial charge in [0.05, 0.1) is 17.4 Å². The molecule has 1 aromatic heterocycles. The topological polar surface area (TPSA) is 51.2 Å². The van der Waals surface area contributed by atoms with Gasteiger partial charge in [-0.1, -0.05) is 55.9 Å². The normalized spacial score (nSPS) is 12.0. The molecule has 0 fully saturated rings. The number of benzene rings is 2. The summed E-state index contributed by atoms with van der Waals surface area (Å²) < 4.78 is 5.47. The maximum Gasteiger partial charge on any atom is 0.237 e. The summed E-state index contributed by atoms with van der Waals surface area (Å²) in [5.41, 5.74) is 3.98. The molecule has 1 heterocycles. The van der Waals surface area contributed by atoms with Crippen LogP contribution >= 0.6 is 11.8 Å². The van der Waals surface area contributed by atoms with Crippen molar-refractivity contribution in [2.24, 2.45) is 0 Å². The average Bonchev–Trinajstić information content (AvgIpc) is 2.72. The van der Waals surface area contributed by atoms with Gasteiger partial charge in [-0.3, -0.25) is 4.79 Å². The minimum atomic E-state index is -0.219. The maximum absolute atomic E-state index is 12.9. The number of hydrogen-bond acceptors (Lipinski definition) is 4. The number of fused-ring (bicyclic) bond motifs is 1. The predicted octanol–water partition coefficient (Wildman–Crippen LogP) is 5.62. The van der Waals surface area contributed by atoms with Gasteiger partial charge in [0.15, 0.2) is 0 Å². The summed E-state index contributed by atoms with van der Waals surface area (Å²) in [5, 5.41) is 4.78. The average molecular weight is 395 g/mol.